The van der Waals surface area contributed by atoms with E-state index in [-0.39, 0.29) is 19.0 Å². The van der Waals surface area contributed by atoms with Crippen molar-refractivity contribution in [1.29, 1.82) is 0 Å². The number of ether oxygens (including phenoxy) is 2. The van der Waals surface area contributed by atoms with Crippen LogP contribution in [-0.2, 0) is 16.0 Å². The summed E-state index contributed by atoms with van der Waals surface area (Å²) in [4.78, 5) is 23.9. The van der Waals surface area contributed by atoms with Gasteiger partial charge in [0.2, 0.25) is 0 Å². The summed E-state index contributed by atoms with van der Waals surface area (Å²) in [6, 6.07) is 26.3. The van der Waals surface area contributed by atoms with Gasteiger partial charge in [0.25, 0.3) is 0 Å². The maximum atomic E-state index is 12.0. The van der Waals surface area contributed by atoms with Gasteiger partial charge in [0.05, 0.1) is 0 Å². The third-order valence-electron chi connectivity index (χ3n) is 4.02. The highest BCUT2D eigenvalue weighted by atomic mass is 16.6. The summed E-state index contributed by atoms with van der Waals surface area (Å²) in [5.41, 5.74) is 2.65. The number of carbonyl (C=O) groups is 2. The van der Waals surface area contributed by atoms with Gasteiger partial charge in [-0.25, -0.2) is 4.79 Å². The van der Waals surface area contributed by atoms with Crippen molar-refractivity contribution in [1.82, 2.24) is 0 Å². The molecule has 3 rings (SSSR count). The zero-order valence-electron chi connectivity index (χ0n) is 14.8. The molecule has 0 atom stereocenters. The Morgan fingerprint density at radius 2 is 1.33 bits per heavy atom. The van der Waals surface area contributed by atoms with Crippen molar-refractivity contribution in [3.05, 3.63) is 102 Å². The van der Waals surface area contributed by atoms with Crippen LogP contribution in [0.25, 0.3) is 0 Å². The van der Waals surface area contributed by atoms with E-state index in [0.717, 1.165) is 11.1 Å². The first-order valence-corrected chi connectivity index (χ1v) is 8.71. The van der Waals surface area contributed by atoms with E-state index >= 15 is 0 Å². The molecule has 4 heteroatoms. The molecular weight excluding hydrogens is 340 g/mol. The minimum absolute atomic E-state index is 0.242. The maximum absolute atomic E-state index is 12.0. The van der Waals surface area contributed by atoms with Crippen LogP contribution in [-0.4, -0.2) is 25.0 Å². The van der Waals surface area contributed by atoms with Crippen LogP contribution < -0.4 is 4.74 Å². The number of rotatable bonds is 8. The van der Waals surface area contributed by atoms with Crippen LogP contribution in [0.4, 0.5) is 0 Å². The lowest BCUT2D eigenvalue weighted by molar-refractivity contribution is -0.144. The first-order chi connectivity index (χ1) is 13.2. The molecule has 3 aromatic rings. The Balaban J connectivity index is 1.52. The molecule has 27 heavy (non-hydrogen) atoms. The number of esters is 1. The van der Waals surface area contributed by atoms with Gasteiger partial charge >= 0.3 is 5.97 Å². The fraction of sp³-hybridized carbons (Fsp3) is 0.130. The van der Waals surface area contributed by atoms with E-state index in [1.54, 1.807) is 24.3 Å². The van der Waals surface area contributed by atoms with Gasteiger partial charge in [0.15, 0.2) is 19.0 Å². The Morgan fingerprint density at radius 3 is 2.07 bits per heavy atom. The van der Waals surface area contributed by atoms with Crippen molar-refractivity contribution in [2.24, 2.45) is 0 Å². The monoisotopic (exact) mass is 360 g/mol. The number of Topliss-reactive ketones (excluding diaryl/α,β-unsaturated/α-hetero) is 1. The Kier molecular flexibility index (Phi) is 6.36. The molecule has 0 aromatic heterocycles. The predicted octanol–water partition coefficient (Wildman–Crippen LogP) is 4.08. The molecular formula is C23H20O4. The highest BCUT2D eigenvalue weighted by Gasteiger charge is 2.11. The largest absolute Gasteiger partial charge is 0.482 e. The second-order valence-electron chi connectivity index (χ2n) is 6.01. The van der Waals surface area contributed by atoms with E-state index in [2.05, 4.69) is 0 Å². The first-order valence-electron chi connectivity index (χ1n) is 8.71. The molecule has 0 heterocycles. The molecule has 0 fully saturated rings. The molecule has 0 unspecified atom stereocenters. The van der Waals surface area contributed by atoms with Crippen LogP contribution in [0.5, 0.6) is 5.75 Å². The number of hydrogen-bond acceptors (Lipinski definition) is 4. The van der Waals surface area contributed by atoms with E-state index in [9.17, 15) is 9.59 Å². The van der Waals surface area contributed by atoms with E-state index in [0.29, 0.717) is 17.7 Å². The summed E-state index contributed by atoms with van der Waals surface area (Å²) in [6.45, 7) is -0.536. The fourth-order valence-electron chi connectivity index (χ4n) is 2.64. The van der Waals surface area contributed by atoms with Gasteiger partial charge in [-0.2, -0.15) is 0 Å². The zero-order chi connectivity index (χ0) is 18.9. The van der Waals surface area contributed by atoms with Gasteiger partial charge in [-0.3, -0.25) is 4.79 Å². The van der Waals surface area contributed by atoms with E-state index in [1.807, 2.05) is 60.7 Å². The van der Waals surface area contributed by atoms with Crippen LogP contribution in [0.1, 0.15) is 21.5 Å². The fourth-order valence-corrected chi connectivity index (χ4v) is 2.64. The summed E-state index contributed by atoms with van der Waals surface area (Å²) in [5.74, 6) is -0.185. The van der Waals surface area contributed by atoms with Gasteiger partial charge in [0, 0.05) is 12.0 Å². The minimum Gasteiger partial charge on any atom is -0.482 e. The van der Waals surface area contributed by atoms with Crippen molar-refractivity contribution in [2.75, 3.05) is 13.2 Å². The van der Waals surface area contributed by atoms with E-state index in [1.165, 1.54) is 0 Å². The topological polar surface area (TPSA) is 52.6 Å². The molecule has 0 saturated carbocycles. The Morgan fingerprint density at radius 1 is 0.704 bits per heavy atom. The number of carbonyl (C=O) groups excluding carboxylic acids is 2. The summed E-state index contributed by atoms with van der Waals surface area (Å²) < 4.78 is 10.6. The van der Waals surface area contributed by atoms with Gasteiger partial charge in [-0.15, -0.1) is 0 Å². The number of ketones is 1. The molecule has 0 saturated heterocycles. The van der Waals surface area contributed by atoms with Gasteiger partial charge in [-0.1, -0.05) is 78.9 Å². The third kappa shape index (κ3) is 5.54. The standard InChI is InChI=1S/C23H20O4/c24-21(19-11-5-2-6-12-19)16-27-23(25)17-26-22-14-8-7-13-20(22)15-18-9-3-1-4-10-18/h1-14H,15-17H2. The van der Waals surface area contributed by atoms with Crippen molar-refractivity contribution >= 4 is 11.8 Å². The Hall–Kier alpha value is -3.40. The van der Waals surface area contributed by atoms with Crippen LogP contribution in [0.3, 0.4) is 0 Å². The number of hydrogen-bond donors (Lipinski definition) is 0. The number of benzene rings is 3. The second-order valence-corrected chi connectivity index (χ2v) is 6.01. The predicted molar refractivity (Wildman–Crippen MR) is 103 cm³/mol. The summed E-state index contributed by atoms with van der Waals surface area (Å²) in [6.07, 6.45) is 0.707. The maximum Gasteiger partial charge on any atom is 0.344 e. The van der Waals surface area contributed by atoms with E-state index < -0.39 is 5.97 Å². The quantitative estimate of drug-likeness (QED) is 0.449. The zero-order valence-corrected chi connectivity index (χ0v) is 14.8. The van der Waals surface area contributed by atoms with Crippen LogP contribution in [0.15, 0.2) is 84.9 Å². The molecule has 0 bridgehead atoms. The smallest absolute Gasteiger partial charge is 0.344 e. The lowest BCUT2D eigenvalue weighted by Crippen LogP contribution is -2.19. The SMILES string of the molecule is O=C(COc1ccccc1Cc1ccccc1)OCC(=O)c1ccccc1. The summed E-state index contributed by atoms with van der Waals surface area (Å²) in [7, 11) is 0. The molecule has 0 N–H and O–H groups in total. The van der Waals surface area contributed by atoms with Crippen molar-refractivity contribution in [3.63, 3.8) is 0 Å². The third-order valence-corrected chi connectivity index (χ3v) is 4.02. The van der Waals surface area contributed by atoms with Gasteiger partial charge < -0.3 is 9.47 Å². The lowest BCUT2D eigenvalue weighted by atomic mass is 10.0. The van der Waals surface area contributed by atoms with E-state index in [4.69, 9.17) is 9.47 Å². The van der Waals surface area contributed by atoms with Crippen molar-refractivity contribution in [3.8, 4) is 5.75 Å². The Labute approximate surface area is 158 Å². The van der Waals surface area contributed by atoms with Gasteiger partial charge in [0.1, 0.15) is 5.75 Å². The molecule has 4 nitrogen and oxygen atoms in total. The first kappa shape index (κ1) is 18.4. The lowest BCUT2D eigenvalue weighted by Gasteiger charge is -2.11. The second kappa shape index (κ2) is 9.34. The molecule has 0 amide bonds. The van der Waals surface area contributed by atoms with Gasteiger partial charge in [-0.05, 0) is 17.2 Å². The minimum atomic E-state index is -0.575. The van der Waals surface area contributed by atoms with Crippen molar-refractivity contribution < 1.29 is 19.1 Å². The Bertz CT molecular complexity index is 889. The molecule has 0 aliphatic rings. The molecule has 0 aliphatic carbocycles. The number of para-hydroxylation sites is 1. The van der Waals surface area contributed by atoms with Crippen molar-refractivity contribution in [2.45, 2.75) is 6.42 Å². The summed E-state index contributed by atoms with van der Waals surface area (Å²) >= 11 is 0. The highest BCUT2D eigenvalue weighted by Crippen LogP contribution is 2.21. The van der Waals surface area contributed by atoms with Crippen LogP contribution >= 0.6 is 0 Å². The molecule has 0 spiro atoms. The normalized spacial score (nSPS) is 10.2. The average molecular weight is 360 g/mol. The van der Waals surface area contributed by atoms with Crippen LogP contribution in [0.2, 0.25) is 0 Å². The molecule has 0 radical (unpaired) electrons. The highest BCUT2D eigenvalue weighted by molar-refractivity contribution is 5.97. The molecule has 136 valence electrons. The average Bonchev–Trinajstić information content (AvgIpc) is 2.73. The molecule has 0 aliphatic heterocycles. The summed E-state index contributed by atoms with van der Waals surface area (Å²) in [5, 5.41) is 0. The van der Waals surface area contributed by atoms with Crippen LogP contribution in [0, 0.1) is 0 Å². The molecule has 3 aromatic carbocycles.